The first-order chi connectivity index (χ1) is 9.29. The van der Waals surface area contributed by atoms with Crippen molar-refractivity contribution in [2.24, 2.45) is 0 Å². The van der Waals surface area contributed by atoms with Gasteiger partial charge in [0.1, 0.15) is 16.8 Å². The summed E-state index contributed by atoms with van der Waals surface area (Å²) < 4.78 is 51.5. The molecule has 3 nitrogen and oxygen atoms in total. The Morgan fingerprint density at radius 1 is 1.15 bits per heavy atom. The quantitative estimate of drug-likeness (QED) is 0.619. The lowest BCUT2D eigenvalue weighted by Crippen LogP contribution is -2.17. The Balaban J connectivity index is 2.48. The summed E-state index contributed by atoms with van der Waals surface area (Å²) in [5, 5.41) is -0.370. The van der Waals surface area contributed by atoms with Gasteiger partial charge in [-0.1, -0.05) is 23.7 Å². The summed E-state index contributed by atoms with van der Waals surface area (Å²) in [5.74, 6) is -2.11. The largest absolute Gasteiger partial charge is 0.451 e. The lowest BCUT2D eigenvalue weighted by molar-refractivity contribution is -0.144. The predicted molar refractivity (Wildman–Crippen MR) is 66.5 cm³/mol. The number of alkyl halides is 3. The van der Waals surface area contributed by atoms with Crippen LogP contribution in [0.2, 0.25) is 5.15 Å². The van der Waals surface area contributed by atoms with Gasteiger partial charge in [0.15, 0.2) is 0 Å². The Hall–Kier alpha value is -1.89. The number of nitrogens with zero attached hydrogens (tertiary/aromatic N) is 3. The average Bonchev–Trinajstić information content (AvgIpc) is 2.37. The standard InChI is InChI=1S/C12H8ClF4N3/c1-20(8-5-3-2-4-7(8)14)10-6-9(13)18-11(19-10)12(15,16)17/h2-6H,1H3. The summed E-state index contributed by atoms with van der Waals surface area (Å²) in [6, 6.07) is 6.77. The van der Waals surface area contributed by atoms with E-state index in [4.69, 9.17) is 11.6 Å². The van der Waals surface area contributed by atoms with Crippen molar-refractivity contribution < 1.29 is 17.6 Å². The minimum Gasteiger partial charge on any atom is -0.327 e. The summed E-state index contributed by atoms with van der Waals surface area (Å²) in [4.78, 5) is 7.64. The molecule has 1 aromatic carbocycles. The van der Waals surface area contributed by atoms with Crippen LogP contribution < -0.4 is 4.90 Å². The second kappa shape index (κ2) is 5.24. The molecule has 0 saturated carbocycles. The molecule has 0 spiro atoms. The van der Waals surface area contributed by atoms with Gasteiger partial charge in [0.2, 0.25) is 5.82 Å². The van der Waals surface area contributed by atoms with Gasteiger partial charge >= 0.3 is 6.18 Å². The lowest BCUT2D eigenvalue weighted by atomic mass is 10.3. The zero-order valence-corrected chi connectivity index (χ0v) is 10.9. The molecule has 0 bridgehead atoms. The van der Waals surface area contributed by atoms with Crippen molar-refractivity contribution in [2.75, 3.05) is 11.9 Å². The molecule has 1 aromatic heterocycles. The first-order valence-corrected chi connectivity index (χ1v) is 5.77. The highest BCUT2D eigenvalue weighted by Crippen LogP contribution is 2.31. The maximum Gasteiger partial charge on any atom is 0.451 e. The molecule has 0 amide bonds. The van der Waals surface area contributed by atoms with Crippen LogP contribution in [-0.2, 0) is 6.18 Å². The van der Waals surface area contributed by atoms with Crippen molar-refractivity contribution >= 4 is 23.1 Å². The number of hydrogen-bond donors (Lipinski definition) is 0. The molecule has 8 heteroatoms. The average molecular weight is 306 g/mol. The van der Waals surface area contributed by atoms with Crippen LogP contribution in [0.15, 0.2) is 30.3 Å². The smallest absolute Gasteiger partial charge is 0.327 e. The molecule has 0 aliphatic rings. The Morgan fingerprint density at radius 2 is 1.80 bits per heavy atom. The Kier molecular flexibility index (Phi) is 3.80. The van der Waals surface area contributed by atoms with Gasteiger partial charge < -0.3 is 4.90 Å². The third-order valence-corrected chi connectivity index (χ3v) is 2.69. The molecule has 0 radical (unpaired) electrons. The van der Waals surface area contributed by atoms with E-state index < -0.39 is 17.8 Å². The van der Waals surface area contributed by atoms with Gasteiger partial charge in [-0.2, -0.15) is 13.2 Å². The highest BCUT2D eigenvalue weighted by atomic mass is 35.5. The molecular weight excluding hydrogens is 298 g/mol. The van der Waals surface area contributed by atoms with Gasteiger partial charge in [-0.15, -0.1) is 0 Å². The molecule has 20 heavy (non-hydrogen) atoms. The van der Waals surface area contributed by atoms with Crippen LogP contribution in [0, 0.1) is 5.82 Å². The van der Waals surface area contributed by atoms with Crippen LogP contribution in [-0.4, -0.2) is 17.0 Å². The summed E-state index contributed by atoms with van der Waals surface area (Å²) in [5.41, 5.74) is 0.0791. The van der Waals surface area contributed by atoms with E-state index in [-0.39, 0.29) is 16.7 Å². The van der Waals surface area contributed by atoms with E-state index in [1.807, 2.05) is 0 Å². The fourth-order valence-corrected chi connectivity index (χ4v) is 1.73. The van der Waals surface area contributed by atoms with Crippen LogP contribution in [0.3, 0.4) is 0 Å². The zero-order valence-electron chi connectivity index (χ0n) is 10.1. The molecule has 2 aromatic rings. The van der Waals surface area contributed by atoms with Crippen LogP contribution >= 0.6 is 11.6 Å². The van der Waals surface area contributed by atoms with Crippen molar-refractivity contribution in [1.82, 2.24) is 9.97 Å². The molecule has 0 saturated heterocycles. The topological polar surface area (TPSA) is 29.0 Å². The second-order valence-electron chi connectivity index (χ2n) is 3.88. The third kappa shape index (κ3) is 2.98. The van der Waals surface area contributed by atoms with E-state index in [2.05, 4.69) is 9.97 Å². The van der Waals surface area contributed by atoms with Gasteiger partial charge in [0.25, 0.3) is 0 Å². The molecule has 0 aliphatic carbocycles. The van der Waals surface area contributed by atoms with Crippen molar-refractivity contribution in [3.05, 3.63) is 47.1 Å². The van der Waals surface area contributed by atoms with Gasteiger partial charge in [-0.3, -0.25) is 0 Å². The molecule has 0 atom stereocenters. The maximum absolute atomic E-state index is 13.6. The number of anilines is 2. The summed E-state index contributed by atoms with van der Waals surface area (Å²) in [6.45, 7) is 0. The molecular formula is C12H8ClF4N3. The normalized spacial score (nSPS) is 11.5. The Morgan fingerprint density at radius 3 is 2.40 bits per heavy atom. The van der Waals surface area contributed by atoms with Crippen molar-refractivity contribution in [3.63, 3.8) is 0 Å². The Labute approximate surface area is 116 Å². The van der Waals surface area contributed by atoms with E-state index in [1.165, 1.54) is 25.2 Å². The molecule has 0 unspecified atom stereocenters. The molecule has 1 heterocycles. The van der Waals surface area contributed by atoms with Gasteiger partial charge in [0, 0.05) is 13.1 Å². The fourth-order valence-electron chi connectivity index (χ4n) is 1.55. The number of rotatable bonds is 2. The SMILES string of the molecule is CN(c1cc(Cl)nc(C(F)(F)F)n1)c1ccccc1F. The molecule has 0 aliphatic heterocycles. The van der Waals surface area contributed by atoms with E-state index >= 15 is 0 Å². The van der Waals surface area contributed by atoms with Crippen molar-refractivity contribution in [1.29, 1.82) is 0 Å². The van der Waals surface area contributed by atoms with Crippen molar-refractivity contribution in [2.45, 2.75) is 6.18 Å². The minimum atomic E-state index is -4.73. The lowest BCUT2D eigenvalue weighted by Gasteiger charge is -2.19. The number of aromatic nitrogens is 2. The van der Waals surface area contributed by atoms with Gasteiger partial charge in [-0.05, 0) is 12.1 Å². The van der Waals surface area contributed by atoms with Crippen LogP contribution in [0.4, 0.5) is 29.1 Å². The predicted octanol–water partition coefficient (Wildman–Crippen LogP) is 4.06. The first-order valence-electron chi connectivity index (χ1n) is 5.39. The number of benzene rings is 1. The first kappa shape index (κ1) is 14.5. The number of para-hydroxylation sites is 1. The third-order valence-electron chi connectivity index (χ3n) is 2.49. The monoisotopic (exact) mass is 305 g/mol. The number of halogens is 5. The highest BCUT2D eigenvalue weighted by Gasteiger charge is 2.35. The number of hydrogen-bond acceptors (Lipinski definition) is 3. The summed E-state index contributed by atoms with van der Waals surface area (Å²) in [6.07, 6.45) is -4.73. The minimum absolute atomic E-state index is 0.0791. The second-order valence-corrected chi connectivity index (χ2v) is 4.27. The molecule has 0 N–H and O–H groups in total. The van der Waals surface area contributed by atoms with E-state index in [9.17, 15) is 17.6 Å². The fraction of sp³-hybridized carbons (Fsp3) is 0.167. The molecule has 106 valence electrons. The van der Waals surface area contributed by atoms with E-state index in [0.717, 1.165) is 11.0 Å². The molecule has 2 rings (SSSR count). The molecule has 0 fully saturated rings. The maximum atomic E-state index is 13.6. The summed E-state index contributed by atoms with van der Waals surface area (Å²) in [7, 11) is 1.39. The summed E-state index contributed by atoms with van der Waals surface area (Å²) >= 11 is 5.56. The Bertz CT molecular complexity index is 630. The van der Waals surface area contributed by atoms with Crippen LogP contribution in [0.25, 0.3) is 0 Å². The van der Waals surface area contributed by atoms with Crippen molar-refractivity contribution in [3.8, 4) is 0 Å². The van der Waals surface area contributed by atoms with E-state index in [0.29, 0.717) is 0 Å². The van der Waals surface area contributed by atoms with E-state index in [1.54, 1.807) is 6.07 Å². The zero-order chi connectivity index (χ0) is 14.9. The van der Waals surface area contributed by atoms with Crippen LogP contribution in [0.5, 0.6) is 0 Å². The van der Waals surface area contributed by atoms with Gasteiger partial charge in [0.05, 0.1) is 5.69 Å². The van der Waals surface area contributed by atoms with Gasteiger partial charge in [-0.25, -0.2) is 14.4 Å². The highest BCUT2D eigenvalue weighted by molar-refractivity contribution is 6.29. The van der Waals surface area contributed by atoms with Crippen LogP contribution in [0.1, 0.15) is 5.82 Å².